The van der Waals surface area contributed by atoms with Gasteiger partial charge in [-0.15, -0.1) is 0 Å². The predicted molar refractivity (Wildman–Crippen MR) is 101 cm³/mol. The second-order valence-electron chi connectivity index (χ2n) is 7.78. The summed E-state index contributed by atoms with van der Waals surface area (Å²) in [6.45, 7) is 3.30. The highest BCUT2D eigenvalue weighted by atomic mass is 16.2. The second-order valence-corrected chi connectivity index (χ2v) is 7.78. The number of amides is 1. The molecule has 26 heavy (non-hydrogen) atoms. The molecule has 2 fully saturated rings. The van der Waals surface area contributed by atoms with Crippen LogP contribution >= 0.6 is 0 Å². The molecule has 0 aromatic carbocycles. The molecule has 0 radical (unpaired) electrons. The van der Waals surface area contributed by atoms with Gasteiger partial charge in [0.15, 0.2) is 0 Å². The molecule has 0 aliphatic carbocycles. The van der Waals surface area contributed by atoms with Gasteiger partial charge in [-0.05, 0) is 56.8 Å². The van der Waals surface area contributed by atoms with Crippen molar-refractivity contribution in [3.05, 3.63) is 36.3 Å². The Labute approximate surface area is 155 Å². The molecule has 6 heteroatoms. The molecule has 4 heterocycles. The van der Waals surface area contributed by atoms with Gasteiger partial charge in [0, 0.05) is 39.1 Å². The van der Waals surface area contributed by atoms with Crippen molar-refractivity contribution in [1.29, 1.82) is 0 Å². The van der Waals surface area contributed by atoms with E-state index in [1.165, 1.54) is 45.2 Å². The van der Waals surface area contributed by atoms with Crippen molar-refractivity contribution in [2.24, 2.45) is 13.0 Å². The third kappa shape index (κ3) is 3.18. The van der Waals surface area contributed by atoms with Crippen LogP contribution in [0.4, 0.5) is 0 Å². The highest BCUT2D eigenvalue weighted by Gasteiger charge is 2.34. The van der Waals surface area contributed by atoms with E-state index in [9.17, 15) is 4.79 Å². The molecule has 2 aromatic heterocycles. The van der Waals surface area contributed by atoms with E-state index < -0.39 is 0 Å². The molecule has 1 amide bonds. The van der Waals surface area contributed by atoms with Crippen molar-refractivity contribution in [1.82, 2.24) is 24.1 Å². The first-order valence-corrected chi connectivity index (χ1v) is 9.80. The van der Waals surface area contributed by atoms with E-state index in [1.807, 2.05) is 48.1 Å². The van der Waals surface area contributed by atoms with E-state index in [4.69, 9.17) is 0 Å². The van der Waals surface area contributed by atoms with Crippen LogP contribution in [0.25, 0.3) is 5.82 Å². The Bertz CT molecular complexity index is 748. The average Bonchev–Trinajstić information content (AvgIpc) is 3.30. The van der Waals surface area contributed by atoms with Crippen LogP contribution in [-0.4, -0.2) is 62.8 Å². The van der Waals surface area contributed by atoms with Crippen LogP contribution in [0, 0.1) is 5.92 Å². The number of aryl methyl sites for hydroxylation is 1. The number of fused-ring (bicyclic) bond motifs is 1. The highest BCUT2D eigenvalue weighted by molar-refractivity contribution is 5.97. The zero-order chi connectivity index (χ0) is 18.1. The third-order valence-corrected chi connectivity index (χ3v) is 6.07. The zero-order valence-electron chi connectivity index (χ0n) is 15.8. The van der Waals surface area contributed by atoms with Gasteiger partial charge in [0.05, 0.1) is 6.20 Å². The zero-order valence-corrected chi connectivity index (χ0v) is 15.8. The van der Waals surface area contributed by atoms with Gasteiger partial charge in [-0.25, -0.2) is 0 Å². The van der Waals surface area contributed by atoms with E-state index in [2.05, 4.69) is 10.00 Å². The summed E-state index contributed by atoms with van der Waals surface area (Å²) in [4.78, 5) is 17.7. The summed E-state index contributed by atoms with van der Waals surface area (Å²) >= 11 is 0. The number of carbonyl (C=O) groups is 1. The Morgan fingerprint density at radius 3 is 2.77 bits per heavy atom. The maximum atomic E-state index is 13.2. The Balaban J connectivity index is 1.50. The summed E-state index contributed by atoms with van der Waals surface area (Å²) < 4.78 is 3.72. The van der Waals surface area contributed by atoms with E-state index in [0.29, 0.717) is 17.5 Å². The molecular formula is C20H29N5O. The van der Waals surface area contributed by atoms with Crippen LogP contribution in [0.2, 0.25) is 0 Å². The van der Waals surface area contributed by atoms with Crippen LogP contribution in [0.5, 0.6) is 0 Å². The summed E-state index contributed by atoms with van der Waals surface area (Å²) in [5.41, 5.74) is 0.669. The van der Waals surface area contributed by atoms with E-state index in [0.717, 1.165) is 12.4 Å². The van der Waals surface area contributed by atoms with Crippen molar-refractivity contribution in [2.75, 3.05) is 26.7 Å². The minimum Gasteiger partial charge on any atom is -0.341 e. The molecule has 6 nitrogen and oxygen atoms in total. The van der Waals surface area contributed by atoms with Crippen LogP contribution in [-0.2, 0) is 7.05 Å². The normalized spacial score (nSPS) is 23.6. The van der Waals surface area contributed by atoms with Crippen molar-refractivity contribution in [3.8, 4) is 5.82 Å². The lowest BCUT2D eigenvalue weighted by atomic mass is 9.83. The SMILES string of the molecule is CN(C[C@@H]1CCCN2CCCC[C@H]12)C(=O)c1cnn(C)c1-n1cccc1. The number of hydrogen-bond acceptors (Lipinski definition) is 3. The maximum absolute atomic E-state index is 13.2. The van der Waals surface area contributed by atoms with Crippen molar-refractivity contribution in [3.63, 3.8) is 0 Å². The van der Waals surface area contributed by atoms with Gasteiger partial charge in [0.25, 0.3) is 5.91 Å². The first-order chi connectivity index (χ1) is 12.6. The molecular weight excluding hydrogens is 326 g/mol. The van der Waals surface area contributed by atoms with E-state index in [1.54, 1.807) is 10.9 Å². The molecule has 2 aliphatic rings. The monoisotopic (exact) mass is 355 g/mol. The smallest absolute Gasteiger partial charge is 0.259 e. The predicted octanol–water partition coefficient (Wildman–Crippen LogP) is 2.55. The van der Waals surface area contributed by atoms with Crippen molar-refractivity contribution < 1.29 is 4.79 Å². The molecule has 4 rings (SSSR count). The van der Waals surface area contributed by atoms with Crippen molar-refractivity contribution in [2.45, 2.75) is 38.1 Å². The Kier molecular flexibility index (Phi) is 4.85. The van der Waals surface area contributed by atoms with Crippen LogP contribution < -0.4 is 0 Å². The molecule has 2 aromatic rings. The van der Waals surface area contributed by atoms with Gasteiger partial charge in [-0.2, -0.15) is 5.10 Å². The number of hydrogen-bond donors (Lipinski definition) is 0. The summed E-state index contributed by atoms with van der Waals surface area (Å²) in [5.74, 6) is 1.48. The first-order valence-electron chi connectivity index (χ1n) is 9.80. The van der Waals surface area contributed by atoms with Gasteiger partial charge in [0.1, 0.15) is 11.4 Å². The largest absolute Gasteiger partial charge is 0.341 e. The number of rotatable bonds is 4. The van der Waals surface area contributed by atoms with Gasteiger partial charge in [-0.1, -0.05) is 6.42 Å². The molecule has 140 valence electrons. The molecule has 0 bridgehead atoms. The lowest BCUT2D eigenvalue weighted by molar-refractivity contribution is 0.0403. The summed E-state index contributed by atoms with van der Waals surface area (Å²) in [7, 11) is 3.82. The van der Waals surface area contributed by atoms with Gasteiger partial charge >= 0.3 is 0 Å². The molecule has 2 saturated heterocycles. The summed E-state index contributed by atoms with van der Waals surface area (Å²) in [6, 6.07) is 4.58. The van der Waals surface area contributed by atoms with Crippen LogP contribution in [0.1, 0.15) is 42.5 Å². The number of nitrogens with zero attached hydrogens (tertiary/aromatic N) is 5. The second kappa shape index (κ2) is 7.27. The van der Waals surface area contributed by atoms with Gasteiger partial charge in [-0.3, -0.25) is 9.48 Å². The lowest BCUT2D eigenvalue weighted by Crippen LogP contribution is -2.51. The molecule has 0 N–H and O–H groups in total. The lowest BCUT2D eigenvalue weighted by Gasteiger charge is -2.45. The minimum atomic E-state index is 0.0646. The molecule has 0 spiro atoms. The summed E-state index contributed by atoms with van der Waals surface area (Å²) in [6.07, 6.45) is 12.0. The summed E-state index contributed by atoms with van der Waals surface area (Å²) in [5, 5.41) is 4.33. The molecule has 0 unspecified atom stereocenters. The Morgan fingerprint density at radius 2 is 1.96 bits per heavy atom. The first kappa shape index (κ1) is 17.3. The Morgan fingerprint density at radius 1 is 1.19 bits per heavy atom. The van der Waals surface area contributed by atoms with Crippen LogP contribution in [0.15, 0.2) is 30.7 Å². The Hall–Kier alpha value is -2.08. The molecule has 2 atom stereocenters. The number of carbonyl (C=O) groups excluding carboxylic acids is 1. The number of piperidine rings is 2. The maximum Gasteiger partial charge on any atom is 0.259 e. The van der Waals surface area contributed by atoms with Gasteiger partial charge < -0.3 is 14.4 Å². The third-order valence-electron chi connectivity index (χ3n) is 6.07. The fraction of sp³-hybridized carbons (Fsp3) is 0.600. The fourth-order valence-electron chi connectivity index (χ4n) is 4.79. The average molecular weight is 355 g/mol. The standard InChI is InChI=1S/C20H29N5O/c1-22(15-16-8-7-13-24-10-4-3-9-18(16)24)20(26)17-14-21-23(2)19(17)25-11-5-6-12-25/h5-6,11-12,14,16,18H,3-4,7-10,13,15H2,1-2H3/t16-,18+/m0/s1. The minimum absolute atomic E-state index is 0.0646. The van der Waals surface area contributed by atoms with Gasteiger partial charge in [0.2, 0.25) is 0 Å². The topological polar surface area (TPSA) is 46.3 Å². The number of aromatic nitrogens is 3. The quantitative estimate of drug-likeness (QED) is 0.847. The van der Waals surface area contributed by atoms with Crippen LogP contribution in [0.3, 0.4) is 0 Å². The fourth-order valence-corrected chi connectivity index (χ4v) is 4.79. The van der Waals surface area contributed by atoms with E-state index in [-0.39, 0.29) is 5.91 Å². The van der Waals surface area contributed by atoms with E-state index >= 15 is 0 Å². The van der Waals surface area contributed by atoms with Crippen molar-refractivity contribution >= 4 is 5.91 Å². The molecule has 2 aliphatic heterocycles. The molecule has 0 saturated carbocycles. The highest BCUT2D eigenvalue weighted by Crippen LogP contribution is 2.31.